The van der Waals surface area contributed by atoms with Gasteiger partial charge in [0.05, 0.1) is 12.2 Å². The lowest BCUT2D eigenvalue weighted by Gasteiger charge is -2.32. The van der Waals surface area contributed by atoms with E-state index in [1.165, 1.54) is 12.4 Å². The topological polar surface area (TPSA) is 75.1 Å². The van der Waals surface area contributed by atoms with Crippen LogP contribution in [0, 0.1) is 11.8 Å². The highest BCUT2D eigenvalue weighted by Crippen LogP contribution is 2.38. The van der Waals surface area contributed by atoms with Gasteiger partial charge in [-0.1, -0.05) is 19.8 Å². The van der Waals surface area contributed by atoms with Crippen LogP contribution in [0.4, 0.5) is 0 Å². The van der Waals surface area contributed by atoms with Crippen molar-refractivity contribution in [1.29, 1.82) is 0 Å². The number of esters is 1. The highest BCUT2D eigenvalue weighted by atomic mass is 32.2. The molecule has 0 N–H and O–H groups in total. The summed E-state index contributed by atoms with van der Waals surface area (Å²) < 4.78 is 17.1. The van der Waals surface area contributed by atoms with E-state index < -0.39 is 17.1 Å². The van der Waals surface area contributed by atoms with Crippen LogP contribution in [0.25, 0.3) is 0 Å². The first-order chi connectivity index (χ1) is 12.4. The molecule has 1 aliphatic heterocycles. The summed E-state index contributed by atoms with van der Waals surface area (Å²) >= 11 is -0.936. The van der Waals surface area contributed by atoms with Crippen molar-refractivity contribution in [2.75, 3.05) is 12.4 Å². The minimum Gasteiger partial charge on any atom is -0.611 e. The van der Waals surface area contributed by atoms with Crippen molar-refractivity contribution in [3.05, 3.63) is 53.1 Å². The molecule has 0 bridgehead atoms. The number of carbonyl (C=O) groups excluding carboxylic acids is 1. The summed E-state index contributed by atoms with van der Waals surface area (Å²) in [6.45, 7) is 6.38. The Balaban J connectivity index is 1.84. The molecule has 0 aliphatic carbocycles. The molecule has 1 aliphatic rings. The molecule has 1 aromatic carbocycles. The monoisotopic (exact) mass is 368 g/mol. The van der Waals surface area contributed by atoms with Crippen LogP contribution >= 0.6 is 0 Å². The van der Waals surface area contributed by atoms with Gasteiger partial charge in [-0.2, -0.15) is 0 Å². The first-order valence-electron chi connectivity index (χ1n) is 8.45. The van der Waals surface area contributed by atoms with Crippen LogP contribution in [0.1, 0.15) is 54.5 Å². The van der Waals surface area contributed by atoms with Crippen LogP contribution < -0.4 is 0 Å². The summed E-state index contributed by atoms with van der Waals surface area (Å²) in [6.07, 6.45) is 3.71. The summed E-state index contributed by atoms with van der Waals surface area (Å²) in [6, 6.07) is 5.78. The van der Waals surface area contributed by atoms with Crippen LogP contribution in [-0.2, 0) is 21.3 Å². The van der Waals surface area contributed by atoms with Gasteiger partial charge in [0.1, 0.15) is 5.75 Å². The second-order valence-corrected chi connectivity index (χ2v) is 8.20. The number of hydrogen-bond acceptors (Lipinski definition) is 5. The van der Waals surface area contributed by atoms with Crippen LogP contribution in [-0.4, -0.2) is 32.8 Å². The van der Waals surface area contributed by atoms with Crippen LogP contribution in [0.5, 0.6) is 0 Å². The van der Waals surface area contributed by atoms with Gasteiger partial charge in [-0.3, -0.25) is 0 Å². The summed E-state index contributed by atoms with van der Waals surface area (Å²) in [5, 5.41) is 0. The molecule has 6 heteroatoms. The zero-order chi connectivity index (χ0) is 18.7. The van der Waals surface area contributed by atoms with Gasteiger partial charge in [0, 0.05) is 29.9 Å². The van der Waals surface area contributed by atoms with E-state index in [9.17, 15) is 9.35 Å². The molecule has 134 valence electrons. The van der Waals surface area contributed by atoms with Gasteiger partial charge >= 0.3 is 5.97 Å². The lowest BCUT2D eigenvalue weighted by Crippen LogP contribution is -2.30. The van der Waals surface area contributed by atoms with Gasteiger partial charge in [0.25, 0.3) is 0 Å². The van der Waals surface area contributed by atoms with E-state index >= 15 is 0 Å². The van der Waals surface area contributed by atoms with Gasteiger partial charge in [0.15, 0.2) is 4.90 Å². The Hall–Kier alpha value is -2.36. The number of aromatic nitrogens is 2. The minimum absolute atomic E-state index is 0.0152. The van der Waals surface area contributed by atoms with Gasteiger partial charge < -0.3 is 9.29 Å². The van der Waals surface area contributed by atoms with E-state index in [1.54, 1.807) is 6.92 Å². The van der Waals surface area contributed by atoms with Crippen molar-refractivity contribution in [1.82, 2.24) is 9.97 Å². The van der Waals surface area contributed by atoms with Crippen molar-refractivity contribution in [2.45, 2.75) is 37.5 Å². The van der Waals surface area contributed by atoms with Crippen LogP contribution in [0.2, 0.25) is 0 Å². The second kappa shape index (κ2) is 7.48. The average molecular weight is 368 g/mol. The molecule has 0 saturated heterocycles. The first-order valence-corrected chi connectivity index (χ1v) is 9.76. The van der Waals surface area contributed by atoms with Crippen molar-refractivity contribution in [3.63, 3.8) is 0 Å². The van der Waals surface area contributed by atoms with Crippen molar-refractivity contribution in [3.8, 4) is 11.8 Å². The zero-order valence-corrected chi connectivity index (χ0v) is 15.9. The quantitative estimate of drug-likeness (QED) is 0.463. The molecule has 1 unspecified atom stereocenters. The van der Waals surface area contributed by atoms with Crippen molar-refractivity contribution in [2.24, 2.45) is 0 Å². The van der Waals surface area contributed by atoms with E-state index in [0.717, 1.165) is 22.4 Å². The Morgan fingerprint density at radius 2 is 2.04 bits per heavy atom. The predicted octanol–water partition coefficient (Wildman–Crippen LogP) is 2.84. The van der Waals surface area contributed by atoms with Gasteiger partial charge in [-0.15, -0.1) is 0 Å². The highest BCUT2D eigenvalue weighted by Gasteiger charge is 2.35. The maximum Gasteiger partial charge on any atom is 0.341 e. The molecule has 0 saturated carbocycles. The number of benzene rings is 1. The number of rotatable bonds is 2. The van der Waals surface area contributed by atoms with E-state index in [0.29, 0.717) is 23.7 Å². The molecule has 3 rings (SSSR count). The maximum absolute atomic E-state index is 12.2. The van der Waals surface area contributed by atoms with Gasteiger partial charge in [-0.25, -0.2) is 14.8 Å². The molecule has 0 fully saturated rings. The fraction of sp³-hybridized carbons (Fsp3) is 0.350. The number of nitrogens with zero attached hydrogens (tertiary/aromatic N) is 2. The third-order valence-electron chi connectivity index (χ3n) is 4.35. The molecular formula is C20H20N2O3S. The summed E-state index contributed by atoms with van der Waals surface area (Å²) in [7, 11) is 0. The molecule has 26 heavy (non-hydrogen) atoms. The maximum atomic E-state index is 12.2. The lowest BCUT2D eigenvalue weighted by atomic mass is 9.81. The van der Waals surface area contributed by atoms with E-state index in [2.05, 4.69) is 35.7 Å². The Morgan fingerprint density at radius 3 is 2.73 bits per heavy atom. The number of ether oxygens (including phenoxy) is 1. The van der Waals surface area contributed by atoms with Gasteiger partial charge in [-0.05, 0) is 47.6 Å². The third kappa shape index (κ3) is 3.90. The number of fused-ring (bicyclic) bond motifs is 1. The van der Waals surface area contributed by atoms with E-state index in [4.69, 9.17) is 4.74 Å². The Morgan fingerprint density at radius 1 is 1.31 bits per heavy atom. The largest absolute Gasteiger partial charge is 0.611 e. The molecule has 1 aromatic heterocycles. The average Bonchev–Trinajstić information content (AvgIpc) is 2.64. The fourth-order valence-corrected chi connectivity index (χ4v) is 4.48. The standard InChI is InChI=1S/C20H20N2O3S/c1-4-25-19(23)15-12-21-18(22-13-15)8-6-14-5-7-17-16(11-14)20(2,3)9-10-26(17)24/h5,7,11-13H,4,9-10H2,1-3H3. The fourth-order valence-electron chi connectivity index (χ4n) is 2.77. The molecule has 5 nitrogen and oxygen atoms in total. The Kier molecular flexibility index (Phi) is 5.30. The molecule has 0 amide bonds. The summed E-state index contributed by atoms with van der Waals surface area (Å²) in [5.74, 6) is 6.54. The van der Waals surface area contributed by atoms with E-state index in [-0.39, 0.29) is 5.41 Å². The molecule has 2 aromatic rings. The number of hydrogen-bond donors (Lipinski definition) is 0. The SMILES string of the molecule is CCOC(=O)c1cnc(C#Cc2ccc3c(c2)C(C)(C)CC[S+]3[O-])nc1. The Labute approximate surface area is 156 Å². The minimum atomic E-state index is -0.936. The van der Waals surface area contributed by atoms with Crippen molar-refractivity contribution >= 4 is 17.1 Å². The smallest absolute Gasteiger partial charge is 0.341 e. The van der Waals surface area contributed by atoms with Crippen molar-refractivity contribution < 1.29 is 14.1 Å². The van der Waals surface area contributed by atoms with Crippen LogP contribution in [0.3, 0.4) is 0 Å². The Bertz CT molecular complexity index is 882. The van der Waals surface area contributed by atoms with Gasteiger partial charge in [0.2, 0.25) is 5.82 Å². The molecular weight excluding hydrogens is 348 g/mol. The van der Waals surface area contributed by atoms with E-state index in [1.807, 2.05) is 18.2 Å². The third-order valence-corrected chi connectivity index (χ3v) is 5.77. The molecule has 0 spiro atoms. The molecule has 0 radical (unpaired) electrons. The highest BCUT2D eigenvalue weighted by molar-refractivity contribution is 7.91. The normalized spacial score (nSPS) is 17.6. The molecule has 1 atom stereocenters. The van der Waals surface area contributed by atoms with Crippen LogP contribution in [0.15, 0.2) is 35.5 Å². The lowest BCUT2D eigenvalue weighted by molar-refractivity contribution is 0.0525. The zero-order valence-electron chi connectivity index (χ0n) is 15.0. The predicted molar refractivity (Wildman–Crippen MR) is 99.3 cm³/mol. The first kappa shape index (κ1) is 18.4. The molecule has 2 heterocycles. The number of carbonyl (C=O) groups is 1. The second-order valence-electron chi connectivity index (χ2n) is 6.66. The summed E-state index contributed by atoms with van der Waals surface area (Å²) in [5.41, 5.74) is 2.20. The summed E-state index contributed by atoms with van der Waals surface area (Å²) in [4.78, 5) is 20.7.